The molecule has 1 amide bonds. The topological polar surface area (TPSA) is 71.5 Å². The van der Waals surface area contributed by atoms with Gasteiger partial charge < -0.3 is 10.1 Å². The average Bonchev–Trinajstić information content (AvgIpc) is 2.94. The Morgan fingerprint density at radius 3 is 2.78 bits per heavy atom. The van der Waals surface area contributed by atoms with Gasteiger partial charge in [-0.25, -0.2) is 0 Å². The van der Waals surface area contributed by atoms with Crippen LogP contribution in [0.5, 0.6) is 0 Å². The summed E-state index contributed by atoms with van der Waals surface area (Å²) >= 11 is 0. The molecule has 1 N–H and O–H groups in total. The van der Waals surface area contributed by atoms with Crippen LogP contribution in [0, 0.1) is 5.92 Å². The minimum Gasteiger partial charge on any atom is -0.468 e. The van der Waals surface area contributed by atoms with Crippen molar-refractivity contribution in [2.75, 3.05) is 19.0 Å². The van der Waals surface area contributed by atoms with Gasteiger partial charge in [-0.3, -0.25) is 19.5 Å². The number of likely N-dealkylation sites (tertiary alicyclic amines) is 1. The highest BCUT2D eigenvalue weighted by Crippen LogP contribution is 2.39. The summed E-state index contributed by atoms with van der Waals surface area (Å²) in [6, 6.07) is 3.53. The number of amides is 1. The Balaban J connectivity index is 1.69. The number of hydrogen-bond donors (Lipinski definition) is 1. The average molecular weight is 317 g/mol. The van der Waals surface area contributed by atoms with E-state index in [9.17, 15) is 9.59 Å². The number of anilines is 1. The first-order valence-corrected chi connectivity index (χ1v) is 8.22. The summed E-state index contributed by atoms with van der Waals surface area (Å²) in [6.07, 6.45) is 8.66. The van der Waals surface area contributed by atoms with Crippen molar-refractivity contribution in [3.8, 4) is 0 Å². The largest absolute Gasteiger partial charge is 0.468 e. The van der Waals surface area contributed by atoms with Crippen LogP contribution in [0.25, 0.3) is 0 Å². The zero-order valence-electron chi connectivity index (χ0n) is 13.4. The van der Waals surface area contributed by atoms with Gasteiger partial charge in [-0.2, -0.15) is 0 Å². The van der Waals surface area contributed by atoms with Gasteiger partial charge in [0.2, 0.25) is 5.91 Å². The van der Waals surface area contributed by atoms with Gasteiger partial charge in [-0.15, -0.1) is 0 Å². The summed E-state index contributed by atoms with van der Waals surface area (Å²) in [5, 5.41) is 2.87. The third kappa shape index (κ3) is 3.52. The minimum atomic E-state index is -0.295. The third-order valence-corrected chi connectivity index (χ3v) is 4.98. The maximum absolute atomic E-state index is 12.4. The van der Waals surface area contributed by atoms with Crippen molar-refractivity contribution in [2.45, 2.75) is 44.2 Å². The smallest absolute Gasteiger partial charge is 0.323 e. The molecular weight excluding hydrogens is 294 g/mol. The molecule has 2 heterocycles. The number of methoxy groups -OCH3 is 1. The third-order valence-electron chi connectivity index (χ3n) is 4.98. The molecule has 124 valence electrons. The number of aromatic nitrogens is 1. The molecule has 0 spiro atoms. The van der Waals surface area contributed by atoms with Gasteiger partial charge in [0.25, 0.3) is 0 Å². The highest BCUT2D eigenvalue weighted by atomic mass is 16.5. The van der Waals surface area contributed by atoms with E-state index in [4.69, 9.17) is 4.74 Å². The fourth-order valence-corrected chi connectivity index (χ4v) is 3.95. The molecule has 1 aromatic rings. The molecule has 0 radical (unpaired) electrons. The molecule has 2 fully saturated rings. The van der Waals surface area contributed by atoms with E-state index in [1.165, 1.54) is 13.5 Å². The van der Waals surface area contributed by atoms with Crippen LogP contribution >= 0.6 is 0 Å². The summed E-state index contributed by atoms with van der Waals surface area (Å²) in [5.41, 5.74) is 0.721. The van der Waals surface area contributed by atoms with Crippen LogP contribution in [-0.2, 0) is 14.3 Å². The van der Waals surface area contributed by atoms with Crippen LogP contribution < -0.4 is 5.32 Å². The van der Waals surface area contributed by atoms with Crippen molar-refractivity contribution in [3.63, 3.8) is 0 Å². The Morgan fingerprint density at radius 2 is 2.04 bits per heavy atom. The number of fused-ring (bicyclic) bond motifs is 1. The molecule has 0 bridgehead atoms. The summed E-state index contributed by atoms with van der Waals surface area (Å²) < 4.78 is 4.95. The van der Waals surface area contributed by atoms with E-state index >= 15 is 0 Å². The van der Waals surface area contributed by atoms with Crippen molar-refractivity contribution in [3.05, 3.63) is 24.5 Å². The van der Waals surface area contributed by atoms with Crippen molar-refractivity contribution < 1.29 is 14.3 Å². The highest BCUT2D eigenvalue weighted by molar-refractivity contribution is 5.92. The van der Waals surface area contributed by atoms with Crippen molar-refractivity contribution in [1.82, 2.24) is 9.88 Å². The minimum absolute atomic E-state index is 0.101. The number of hydrogen-bond acceptors (Lipinski definition) is 5. The second-order valence-corrected chi connectivity index (χ2v) is 6.34. The summed E-state index contributed by atoms with van der Waals surface area (Å²) in [6.45, 7) is 0.225. The van der Waals surface area contributed by atoms with Crippen LogP contribution in [0.4, 0.5) is 5.69 Å². The summed E-state index contributed by atoms with van der Waals surface area (Å²) in [7, 11) is 1.42. The number of nitrogens with one attached hydrogen (secondary N) is 1. The quantitative estimate of drug-likeness (QED) is 0.858. The first-order valence-electron chi connectivity index (χ1n) is 8.22. The molecule has 0 aromatic carbocycles. The van der Waals surface area contributed by atoms with Crippen LogP contribution in [0.3, 0.4) is 0 Å². The zero-order valence-corrected chi connectivity index (χ0v) is 13.4. The SMILES string of the molecule is COC(=O)[C@@H]1C[C@H]2CCCC[C@H]2N1CC(=O)Nc1ccncc1. The maximum Gasteiger partial charge on any atom is 0.323 e. The number of carbonyl (C=O) groups excluding carboxylic acids is 2. The monoisotopic (exact) mass is 317 g/mol. The molecule has 3 rings (SSSR count). The Hall–Kier alpha value is -1.95. The maximum atomic E-state index is 12.4. The first-order chi connectivity index (χ1) is 11.2. The number of pyridine rings is 1. The lowest BCUT2D eigenvalue weighted by atomic mass is 9.85. The Kier molecular flexibility index (Phi) is 4.91. The predicted molar refractivity (Wildman–Crippen MR) is 85.7 cm³/mol. The zero-order chi connectivity index (χ0) is 16.2. The second kappa shape index (κ2) is 7.08. The normalized spacial score (nSPS) is 27.3. The number of carbonyl (C=O) groups is 2. The number of esters is 1. The molecule has 3 atom stereocenters. The van der Waals surface area contributed by atoms with Crippen LogP contribution in [0.1, 0.15) is 32.1 Å². The lowest BCUT2D eigenvalue weighted by molar-refractivity contribution is -0.146. The van der Waals surface area contributed by atoms with E-state index < -0.39 is 0 Å². The van der Waals surface area contributed by atoms with E-state index in [0.717, 1.165) is 31.4 Å². The van der Waals surface area contributed by atoms with Crippen LogP contribution in [0.2, 0.25) is 0 Å². The molecule has 1 aromatic heterocycles. The molecule has 0 unspecified atom stereocenters. The summed E-state index contributed by atoms with van der Waals surface area (Å²) in [4.78, 5) is 30.5. The Bertz CT molecular complexity index is 563. The van der Waals surface area contributed by atoms with Gasteiger partial charge in [0.1, 0.15) is 6.04 Å². The molecule has 1 saturated carbocycles. The van der Waals surface area contributed by atoms with E-state index in [-0.39, 0.29) is 24.5 Å². The standard InChI is InChI=1S/C17H23N3O3/c1-23-17(22)15-10-12-4-2-3-5-14(12)20(15)11-16(21)19-13-6-8-18-9-7-13/h6-9,12,14-15H,2-5,10-11H2,1H3,(H,18,19,21)/t12-,14-,15+/m1/s1. The van der Waals surface area contributed by atoms with Crippen molar-refractivity contribution >= 4 is 17.6 Å². The lowest BCUT2D eigenvalue weighted by Crippen LogP contribution is -2.46. The van der Waals surface area contributed by atoms with Gasteiger partial charge in [0.05, 0.1) is 13.7 Å². The fourth-order valence-electron chi connectivity index (χ4n) is 3.95. The van der Waals surface area contributed by atoms with Gasteiger partial charge in [0, 0.05) is 24.1 Å². The Labute approximate surface area is 136 Å². The van der Waals surface area contributed by atoms with Crippen LogP contribution in [-0.4, -0.2) is 47.5 Å². The molecule has 6 heteroatoms. The summed E-state index contributed by atoms with van der Waals surface area (Å²) in [5.74, 6) is 0.175. The number of rotatable bonds is 4. The molecule has 1 aliphatic carbocycles. The lowest BCUT2D eigenvalue weighted by Gasteiger charge is -2.32. The Morgan fingerprint density at radius 1 is 1.30 bits per heavy atom. The first kappa shape index (κ1) is 15.9. The van der Waals surface area contributed by atoms with E-state index in [1.54, 1.807) is 24.5 Å². The van der Waals surface area contributed by atoms with Gasteiger partial charge in [-0.1, -0.05) is 12.8 Å². The number of ether oxygens (including phenoxy) is 1. The predicted octanol–water partition coefficient (Wildman–Crippen LogP) is 1.83. The number of nitrogens with zero attached hydrogens (tertiary/aromatic N) is 2. The van der Waals surface area contributed by atoms with Gasteiger partial charge >= 0.3 is 5.97 Å². The molecule has 1 saturated heterocycles. The molecular formula is C17H23N3O3. The highest BCUT2D eigenvalue weighted by Gasteiger charge is 2.46. The second-order valence-electron chi connectivity index (χ2n) is 6.34. The van der Waals surface area contributed by atoms with E-state index in [1.807, 2.05) is 4.90 Å². The van der Waals surface area contributed by atoms with Crippen LogP contribution in [0.15, 0.2) is 24.5 Å². The molecule has 2 aliphatic rings. The van der Waals surface area contributed by atoms with Crippen molar-refractivity contribution in [1.29, 1.82) is 0 Å². The molecule has 6 nitrogen and oxygen atoms in total. The van der Waals surface area contributed by atoms with E-state index in [2.05, 4.69) is 10.3 Å². The van der Waals surface area contributed by atoms with Gasteiger partial charge in [0.15, 0.2) is 0 Å². The molecule has 1 aliphatic heterocycles. The van der Waals surface area contributed by atoms with E-state index in [0.29, 0.717) is 12.0 Å². The molecule has 23 heavy (non-hydrogen) atoms. The fraction of sp³-hybridized carbons (Fsp3) is 0.588. The van der Waals surface area contributed by atoms with Crippen molar-refractivity contribution in [2.24, 2.45) is 5.92 Å². The van der Waals surface area contributed by atoms with Gasteiger partial charge in [-0.05, 0) is 37.3 Å².